The van der Waals surface area contributed by atoms with Crippen molar-refractivity contribution < 1.29 is 41.0 Å². The summed E-state index contributed by atoms with van der Waals surface area (Å²) in [6.45, 7) is 1.33. The van der Waals surface area contributed by atoms with E-state index >= 15 is 0 Å². The van der Waals surface area contributed by atoms with Gasteiger partial charge in [-0.05, 0) is 50.9 Å². The maximum absolute atomic E-state index is 13.9. The SMILES string of the molecule is CCOC(=O)CNc1c(Br)cc(C(F)(F)C(O)(F)C(F)(F)F)cc1Br. The van der Waals surface area contributed by atoms with Gasteiger partial charge in [-0.1, -0.05) is 0 Å². The zero-order chi connectivity index (χ0) is 19.6. The molecule has 1 atom stereocenters. The van der Waals surface area contributed by atoms with E-state index < -0.39 is 29.5 Å². The van der Waals surface area contributed by atoms with Gasteiger partial charge in [-0.3, -0.25) is 4.79 Å². The Balaban J connectivity index is 3.19. The molecule has 0 spiro atoms. The molecule has 0 aromatic heterocycles. The van der Waals surface area contributed by atoms with Crippen molar-refractivity contribution in [3.63, 3.8) is 0 Å². The number of ether oxygens (including phenoxy) is 1. The summed E-state index contributed by atoms with van der Waals surface area (Å²) >= 11 is 5.67. The van der Waals surface area contributed by atoms with Crippen molar-refractivity contribution in [3.8, 4) is 0 Å². The molecular weight excluding hydrogens is 492 g/mol. The first-order chi connectivity index (χ1) is 11.3. The molecule has 4 nitrogen and oxygen atoms in total. The number of anilines is 1. The summed E-state index contributed by atoms with van der Waals surface area (Å²) in [7, 11) is 0. The molecule has 0 fully saturated rings. The number of rotatable bonds is 6. The van der Waals surface area contributed by atoms with Crippen LogP contribution in [0, 0.1) is 0 Å². The minimum absolute atomic E-state index is 0.0435. The van der Waals surface area contributed by atoms with E-state index in [1.165, 1.54) is 0 Å². The monoisotopic (exact) mass is 501 g/mol. The Morgan fingerprint density at radius 1 is 1.16 bits per heavy atom. The number of alkyl halides is 6. The third-order valence-electron chi connectivity index (χ3n) is 2.91. The highest BCUT2D eigenvalue weighted by molar-refractivity contribution is 9.11. The van der Waals surface area contributed by atoms with Crippen molar-refractivity contribution in [2.75, 3.05) is 18.5 Å². The molecule has 0 saturated carbocycles. The minimum atomic E-state index is -6.21. The summed E-state index contributed by atoms with van der Waals surface area (Å²) in [4.78, 5) is 11.3. The first kappa shape index (κ1) is 22.0. The van der Waals surface area contributed by atoms with Crippen LogP contribution in [0.3, 0.4) is 0 Å². The van der Waals surface area contributed by atoms with Gasteiger partial charge in [0, 0.05) is 14.5 Å². The standard InChI is InChI=1S/C13H11Br2F6NO3/c1-2-25-9(23)5-22-10-7(14)3-6(4-8(10)15)11(16,17)12(18,24)13(19,20)21/h3-4,22,24H,2,5H2,1H3. The average molecular weight is 503 g/mol. The second kappa shape index (κ2) is 7.70. The van der Waals surface area contributed by atoms with E-state index in [2.05, 4.69) is 41.9 Å². The summed E-state index contributed by atoms with van der Waals surface area (Å²) in [6, 6.07) is 0.989. The summed E-state index contributed by atoms with van der Waals surface area (Å²) < 4.78 is 82.5. The van der Waals surface area contributed by atoms with E-state index in [1.807, 2.05) is 0 Å². The van der Waals surface area contributed by atoms with Crippen LogP contribution in [0.5, 0.6) is 0 Å². The molecule has 2 N–H and O–H groups in total. The van der Waals surface area contributed by atoms with E-state index in [-0.39, 0.29) is 27.8 Å². The van der Waals surface area contributed by atoms with Crippen molar-refractivity contribution in [3.05, 3.63) is 26.6 Å². The molecule has 0 aliphatic rings. The van der Waals surface area contributed by atoms with Crippen LogP contribution in [0.4, 0.5) is 32.0 Å². The Hall–Kier alpha value is -1.01. The summed E-state index contributed by atoms with van der Waals surface area (Å²) in [5, 5.41) is 11.2. The highest BCUT2D eigenvalue weighted by Crippen LogP contribution is 2.50. The molecule has 0 saturated heterocycles. The van der Waals surface area contributed by atoms with E-state index in [9.17, 15) is 31.1 Å². The number of halogens is 8. The van der Waals surface area contributed by atoms with Gasteiger partial charge in [0.05, 0.1) is 12.3 Å². The number of nitrogens with one attached hydrogen (secondary N) is 1. The predicted octanol–water partition coefficient (Wildman–Crippen LogP) is 4.50. The molecule has 1 aromatic rings. The first-order valence-electron chi connectivity index (χ1n) is 6.50. The Kier molecular flexibility index (Phi) is 6.79. The smallest absolute Gasteiger partial charge is 0.455 e. The average Bonchev–Trinajstić information content (AvgIpc) is 2.45. The fraction of sp³-hybridized carbons (Fsp3) is 0.462. The molecule has 0 aliphatic heterocycles. The van der Waals surface area contributed by atoms with Crippen LogP contribution >= 0.6 is 31.9 Å². The number of hydrogen-bond donors (Lipinski definition) is 2. The van der Waals surface area contributed by atoms with Crippen LogP contribution in [0.1, 0.15) is 12.5 Å². The Bertz CT molecular complexity index is 628. The van der Waals surface area contributed by atoms with Gasteiger partial charge < -0.3 is 15.2 Å². The minimum Gasteiger partial charge on any atom is -0.465 e. The van der Waals surface area contributed by atoms with E-state index in [4.69, 9.17) is 5.11 Å². The van der Waals surface area contributed by atoms with Gasteiger partial charge in [-0.25, -0.2) is 0 Å². The van der Waals surface area contributed by atoms with Crippen molar-refractivity contribution in [1.82, 2.24) is 0 Å². The molecule has 12 heteroatoms. The molecule has 0 aliphatic carbocycles. The van der Waals surface area contributed by atoms with Crippen molar-refractivity contribution in [2.45, 2.75) is 24.9 Å². The van der Waals surface area contributed by atoms with Gasteiger partial charge in [-0.15, -0.1) is 0 Å². The lowest BCUT2D eigenvalue weighted by Gasteiger charge is -2.30. The Labute approximate surface area is 154 Å². The van der Waals surface area contributed by atoms with Crippen LogP contribution in [0.15, 0.2) is 21.1 Å². The number of benzene rings is 1. The lowest BCUT2D eigenvalue weighted by atomic mass is 10.0. The molecule has 0 heterocycles. The van der Waals surface area contributed by atoms with E-state index in [0.717, 1.165) is 0 Å². The fourth-order valence-electron chi connectivity index (χ4n) is 1.67. The molecular formula is C13H11Br2F6NO3. The fourth-order valence-corrected chi connectivity index (χ4v) is 3.13. The van der Waals surface area contributed by atoms with Crippen molar-refractivity contribution in [2.24, 2.45) is 0 Å². The van der Waals surface area contributed by atoms with E-state index in [1.54, 1.807) is 6.92 Å². The number of carbonyl (C=O) groups is 1. The third kappa shape index (κ3) is 4.59. The van der Waals surface area contributed by atoms with Gasteiger partial charge in [-0.2, -0.15) is 26.3 Å². The number of hydrogen-bond acceptors (Lipinski definition) is 4. The highest BCUT2D eigenvalue weighted by atomic mass is 79.9. The van der Waals surface area contributed by atoms with Crippen LogP contribution < -0.4 is 5.32 Å². The molecule has 0 radical (unpaired) electrons. The van der Waals surface area contributed by atoms with Gasteiger partial charge in [0.1, 0.15) is 6.54 Å². The molecule has 25 heavy (non-hydrogen) atoms. The zero-order valence-corrected chi connectivity index (χ0v) is 15.5. The molecule has 1 rings (SSSR count). The maximum Gasteiger partial charge on any atom is 0.455 e. The number of esters is 1. The van der Waals surface area contributed by atoms with Gasteiger partial charge in [0.2, 0.25) is 0 Å². The van der Waals surface area contributed by atoms with E-state index in [0.29, 0.717) is 12.1 Å². The first-order valence-corrected chi connectivity index (χ1v) is 8.09. The Morgan fingerprint density at radius 3 is 2.04 bits per heavy atom. The highest BCUT2D eigenvalue weighted by Gasteiger charge is 2.71. The summed E-state index contributed by atoms with van der Waals surface area (Å²) in [6.07, 6.45) is -6.21. The van der Waals surface area contributed by atoms with Crippen LogP contribution in [-0.4, -0.2) is 36.3 Å². The van der Waals surface area contributed by atoms with Gasteiger partial charge in [0.15, 0.2) is 0 Å². The lowest BCUT2D eigenvalue weighted by Crippen LogP contribution is -2.53. The van der Waals surface area contributed by atoms with Gasteiger partial charge >= 0.3 is 23.9 Å². The molecule has 0 amide bonds. The van der Waals surface area contributed by atoms with Crippen molar-refractivity contribution in [1.29, 1.82) is 0 Å². The summed E-state index contributed by atoms with van der Waals surface area (Å²) in [5.41, 5.74) is -1.39. The second-order valence-electron chi connectivity index (χ2n) is 4.67. The summed E-state index contributed by atoms with van der Waals surface area (Å²) in [5.74, 6) is -11.7. The zero-order valence-electron chi connectivity index (χ0n) is 12.4. The van der Waals surface area contributed by atoms with Crippen molar-refractivity contribution >= 4 is 43.5 Å². The van der Waals surface area contributed by atoms with Crippen LogP contribution in [-0.2, 0) is 15.5 Å². The number of aliphatic hydroxyl groups is 1. The van der Waals surface area contributed by atoms with Gasteiger partial charge in [0.25, 0.3) is 0 Å². The largest absolute Gasteiger partial charge is 0.465 e. The number of carbonyl (C=O) groups excluding carboxylic acids is 1. The molecule has 1 aromatic carbocycles. The third-order valence-corrected chi connectivity index (χ3v) is 4.16. The molecule has 0 bridgehead atoms. The Morgan fingerprint density at radius 2 is 1.64 bits per heavy atom. The second-order valence-corrected chi connectivity index (χ2v) is 6.38. The lowest BCUT2D eigenvalue weighted by molar-refractivity contribution is -0.390. The quantitative estimate of drug-likeness (QED) is 0.444. The topological polar surface area (TPSA) is 58.6 Å². The molecule has 1 unspecified atom stereocenters. The normalized spacial score (nSPS) is 14.8. The predicted molar refractivity (Wildman–Crippen MR) is 83.0 cm³/mol. The molecule has 142 valence electrons. The van der Waals surface area contributed by atoms with Crippen LogP contribution in [0.2, 0.25) is 0 Å². The maximum atomic E-state index is 13.9. The van der Waals surface area contributed by atoms with Crippen LogP contribution in [0.25, 0.3) is 0 Å².